The summed E-state index contributed by atoms with van der Waals surface area (Å²) in [6.45, 7) is 7.13. The van der Waals surface area contributed by atoms with E-state index < -0.39 is 0 Å². The lowest BCUT2D eigenvalue weighted by Gasteiger charge is -2.36. The zero-order valence-electron chi connectivity index (χ0n) is 13.5. The minimum atomic E-state index is -0.168. The average molecular weight is 293 g/mol. The van der Waals surface area contributed by atoms with Crippen molar-refractivity contribution in [2.75, 3.05) is 6.54 Å². The fourth-order valence-electron chi connectivity index (χ4n) is 3.37. The lowest BCUT2D eigenvalue weighted by Crippen LogP contribution is -2.47. The van der Waals surface area contributed by atoms with Gasteiger partial charge in [-0.15, -0.1) is 0 Å². The molecule has 0 radical (unpaired) electrons. The van der Waals surface area contributed by atoms with E-state index in [1.807, 2.05) is 6.07 Å². The number of likely N-dealkylation sites (N-methyl/N-ethyl adjacent to an activating group) is 1. The molecule has 0 spiro atoms. The highest BCUT2D eigenvalue weighted by Gasteiger charge is 2.31. The fraction of sp³-hybridized carbons (Fsp3) is 0.667. The second-order valence-electron chi connectivity index (χ2n) is 6.20. The zero-order chi connectivity index (χ0) is 15.2. The second-order valence-corrected chi connectivity index (χ2v) is 6.20. The molecule has 1 N–H and O–H groups in total. The largest absolute Gasteiger partial charge is 0.489 e. The fourth-order valence-corrected chi connectivity index (χ4v) is 3.37. The van der Waals surface area contributed by atoms with Crippen LogP contribution in [0.4, 0.5) is 4.39 Å². The van der Waals surface area contributed by atoms with Gasteiger partial charge in [-0.1, -0.05) is 26.7 Å². The molecule has 1 aromatic rings. The molecule has 1 saturated carbocycles. The van der Waals surface area contributed by atoms with Crippen molar-refractivity contribution < 1.29 is 9.13 Å². The highest BCUT2D eigenvalue weighted by atomic mass is 19.1. The lowest BCUT2D eigenvalue weighted by molar-refractivity contribution is 0.0838. The molecule has 3 heteroatoms. The van der Waals surface area contributed by atoms with Crippen LogP contribution < -0.4 is 10.1 Å². The highest BCUT2D eigenvalue weighted by molar-refractivity contribution is 5.29. The van der Waals surface area contributed by atoms with E-state index in [0.29, 0.717) is 11.6 Å². The Balaban J connectivity index is 2.05. The van der Waals surface area contributed by atoms with Crippen LogP contribution in [0.3, 0.4) is 0 Å². The molecule has 0 aliphatic heterocycles. The standard InChI is InChI=1S/C18H28FNO/c1-4-6-14-7-10-17(20-5-2)18(12-14)21-15-8-9-16(19)13(3)11-15/h8-9,11,14,17-18,20H,4-7,10,12H2,1-3H3. The lowest BCUT2D eigenvalue weighted by atomic mass is 9.81. The van der Waals surface area contributed by atoms with Crippen LogP contribution >= 0.6 is 0 Å². The molecular formula is C18H28FNO. The quantitative estimate of drug-likeness (QED) is 0.836. The van der Waals surface area contributed by atoms with Crippen LogP contribution in [-0.2, 0) is 0 Å². The van der Waals surface area contributed by atoms with Gasteiger partial charge in [-0.2, -0.15) is 0 Å². The zero-order valence-corrected chi connectivity index (χ0v) is 13.5. The molecule has 1 fully saturated rings. The van der Waals surface area contributed by atoms with E-state index >= 15 is 0 Å². The molecule has 0 bridgehead atoms. The Labute approximate surface area is 128 Å². The Morgan fingerprint density at radius 2 is 2.10 bits per heavy atom. The number of ether oxygens (including phenoxy) is 1. The first-order chi connectivity index (χ1) is 10.1. The minimum absolute atomic E-state index is 0.168. The van der Waals surface area contributed by atoms with Gasteiger partial charge in [0.1, 0.15) is 17.7 Å². The second kappa shape index (κ2) is 7.79. The van der Waals surface area contributed by atoms with Crippen LogP contribution in [-0.4, -0.2) is 18.7 Å². The number of nitrogens with one attached hydrogen (secondary N) is 1. The van der Waals surface area contributed by atoms with Gasteiger partial charge in [-0.3, -0.25) is 0 Å². The third-order valence-electron chi connectivity index (χ3n) is 4.48. The van der Waals surface area contributed by atoms with E-state index in [4.69, 9.17) is 4.74 Å². The molecule has 118 valence electrons. The molecular weight excluding hydrogens is 265 g/mol. The number of halogens is 1. The van der Waals surface area contributed by atoms with Crippen molar-refractivity contribution in [1.82, 2.24) is 5.32 Å². The summed E-state index contributed by atoms with van der Waals surface area (Å²) in [6, 6.07) is 5.46. The number of rotatable bonds is 6. The van der Waals surface area contributed by atoms with Gasteiger partial charge in [0, 0.05) is 6.04 Å². The molecule has 1 aromatic carbocycles. The predicted octanol–water partition coefficient (Wildman–Crippen LogP) is 4.46. The Kier molecular flexibility index (Phi) is 6.04. The first-order valence-electron chi connectivity index (χ1n) is 8.30. The van der Waals surface area contributed by atoms with E-state index in [2.05, 4.69) is 19.2 Å². The van der Waals surface area contributed by atoms with Crippen LogP contribution in [0.25, 0.3) is 0 Å². The molecule has 2 nitrogen and oxygen atoms in total. The first-order valence-corrected chi connectivity index (χ1v) is 8.30. The van der Waals surface area contributed by atoms with Gasteiger partial charge in [-0.25, -0.2) is 4.39 Å². The van der Waals surface area contributed by atoms with E-state index in [1.165, 1.54) is 31.7 Å². The smallest absolute Gasteiger partial charge is 0.126 e. The summed E-state index contributed by atoms with van der Waals surface area (Å²) < 4.78 is 19.6. The van der Waals surface area contributed by atoms with Gasteiger partial charge in [0.05, 0.1) is 0 Å². The van der Waals surface area contributed by atoms with Crippen molar-refractivity contribution in [3.05, 3.63) is 29.6 Å². The van der Waals surface area contributed by atoms with Crippen molar-refractivity contribution in [1.29, 1.82) is 0 Å². The highest BCUT2D eigenvalue weighted by Crippen LogP contribution is 2.31. The van der Waals surface area contributed by atoms with E-state index in [9.17, 15) is 4.39 Å². The van der Waals surface area contributed by atoms with Gasteiger partial charge in [0.15, 0.2) is 0 Å². The summed E-state index contributed by atoms with van der Waals surface area (Å²) in [5.74, 6) is 1.38. The average Bonchev–Trinajstić information content (AvgIpc) is 2.46. The van der Waals surface area contributed by atoms with E-state index in [1.54, 1.807) is 13.0 Å². The molecule has 1 aliphatic rings. The number of hydrogen-bond acceptors (Lipinski definition) is 2. The monoisotopic (exact) mass is 293 g/mol. The number of benzene rings is 1. The summed E-state index contributed by atoms with van der Waals surface area (Å²) in [7, 11) is 0. The summed E-state index contributed by atoms with van der Waals surface area (Å²) in [5.41, 5.74) is 0.647. The maximum Gasteiger partial charge on any atom is 0.126 e. The van der Waals surface area contributed by atoms with Gasteiger partial charge >= 0.3 is 0 Å². The maximum atomic E-state index is 13.4. The molecule has 0 aromatic heterocycles. The van der Waals surface area contributed by atoms with Gasteiger partial charge in [-0.05, 0) is 62.4 Å². The van der Waals surface area contributed by atoms with Crippen molar-refractivity contribution >= 4 is 0 Å². The predicted molar refractivity (Wildman–Crippen MR) is 85.3 cm³/mol. The Morgan fingerprint density at radius 1 is 1.29 bits per heavy atom. The minimum Gasteiger partial charge on any atom is -0.489 e. The Hall–Kier alpha value is -1.09. The molecule has 1 aliphatic carbocycles. The molecule has 3 atom stereocenters. The van der Waals surface area contributed by atoms with Crippen molar-refractivity contribution in [2.45, 2.75) is 65.0 Å². The topological polar surface area (TPSA) is 21.3 Å². The summed E-state index contributed by atoms with van der Waals surface area (Å²) in [6.07, 6.45) is 6.26. The third kappa shape index (κ3) is 4.44. The van der Waals surface area contributed by atoms with Crippen molar-refractivity contribution in [3.8, 4) is 5.75 Å². The molecule has 0 saturated heterocycles. The normalized spacial score (nSPS) is 25.8. The molecule has 3 unspecified atom stereocenters. The van der Waals surface area contributed by atoms with Gasteiger partial charge in [0.25, 0.3) is 0 Å². The molecule has 0 amide bonds. The van der Waals surface area contributed by atoms with Gasteiger partial charge < -0.3 is 10.1 Å². The van der Waals surface area contributed by atoms with E-state index in [-0.39, 0.29) is 11.9 Å². The SMILES string of the molecule is CCCC1CCC(NCC)C(Oc2ccc(F)c(C)c2)C1. The van der Waals surface area contributed by atoms with Crippen molar-refractivity contribution in [2.24, 2.45) is 5.92 Å². The van der Waals surface area contributed by atoms with E-state index in [0.717, 1.165) is 24.6 Å². The van der Waals surface area contributed by atoms with Crippen LogP contribution in [0.2, 0.25) is 0 Å². The summed E-state index contributed by atoms with van der Waals surface area (Å²) in [5, 5.41) is 3.54. The molecule has 2 rings (SSSR count). The van der Waals surface area contributed by atoms with Crippen LogP contribution in [0, 0.1) is 18.7 Å². The Bertz CT molecular complexity index is 449. The summed E-state index contributed by atoms with van der Waals surface area (Å²) in [4.78, 5) is 0. The summed E-state index contributed by atoms with van der Waals surface area (Å²) >= 11 is 0. The number of aryl methyl sites for hydroxylation is 1. The van der Waals surface area contributed by atoms with Crippen LogP contribution in [0.1, 0.15) is 51.5 Å². The van der Waals surface area contributed by atoms with Crippen LogP contribution in [0.5, 0.6) is 5.75 Å². The van der Waals surface area contributed by atoms with Crippen LogP contribution in [0.15, 0.2) is 18.2 Å². The molecule has 0 heterocycles. The Morgan fingerprint density at radius 3 is 2.76 bits per heavy atom. The maximum absolute atomic E-state index is 13.4. The third-order valence-corrected chi connectivity index (χ3v) is 4.48. The molecule has 21 heavy (non-hydrogen) atoms. The van der Waals surface area contributed by atoms with Crippen molar-refractivity contribution in [3.63, 3.8) is 0 Å². The number of hydrogen-bond donors (Lipinski definition) is 1. The van der Waals surface area contributed by atoms with Gasteiger partial charge in [0.2, 0.25) is 0 Å². The first kappa shape index (κ1) is 16.3.